The summed E-state index contributed by atoms with van der Waals surface area (Å²) >= 11 is 0. The molecule has 4 heteroatoms. The minimum atomic E-state index is 0. The van der Waals surface area contributed by atoms with Crippen molar-refractivity contribution in [3.63, 3.8) is 0 Å². The van der Waals surface area contributed by atoms with Gasteiger partial charge in [-0.1, -0.05) is 39.0 Å². The van der Waals surface area contributed by atoms with Gasteiger partial charge in [-0.2, -0.15) is 0 Å². The summed E-state index contributed by atoms with van der Waals surface area (Å²) in [6.07, 6.45) is 7.64. The second-order valence-electron chi connectivity index (χ2n) is 4.92. The Morgan fingerprint density at radius 3 is 2.45 bits per heavy atom. The molecule has 1 aromatic rings. The quantitative estimate of drug-likeness (QED) is 0.508. The summed E-state index contributed by atoms with van der Waals surface area (Å²) in [4.78, 5) is 0. The highest BCUT2D eigenvalue weighted by molar-refractivity contribution is 5.85. The second-order valence-corrected chi connectivity index (χ2v) is 4.92. The molecule has 0 saturated heterocycles. The lowest BCUT2D eigenvalue weighted by atomic mass is 10.1. The topological polar surface area (TPSA) is 44.5 Å². The van der Waals surface area contributed by atoms with Crippen molar-refractivity contribution in [3.05, 3.63) is 23.8 Å². The molecule has 0 radical (unpaired) electrons. The Morgan fingerprint density at radius 2 is 1.75 bits per heavy atom. The molecule has 1 aromatic carbocycles. The van der Waals surface area contributed by atoms with Crippen LogP contribution in [0.3, 0.4) is 0 Å². The van der Waals surface area contributed by atoms with Gasteiger partial charge in [0, 0.05) is 18.4 Å². The number of nitrogen functional groups attached to an aromatic ring is 1. The van der Waals surface area contributed by atoms with Gasteiger partial charge in [-0.15, -0.1) is 12.4 Å². The molecule has 0 spiro atoms. The van der Waals surface area contributed by atoms with Crippen LogP contribution in [0.1, 0.15) is 51.0 Å². The van der Waals surface area contributed by atoms with Gasteiger partial charge in [0.15, 0.2) is 0 Å². The van der Waals surface area contributed by atoms with Crippen LogP contribution in [0.4, 0.5) is 5.69 Å². The van der Waals surface area contributed by atoms with Crippen molar-refractivity contribution in [1.82, 2.24) is 0 Å². The van der Waals surface area contributed by atoms with Crippen LogP contribution in [0.2, 0.25) is 0 Å². The lowest BCUT2D eigenvalue weighted by Gasteiger charge is -2.11. The van der Waals surface area contributed by atoms with Crippen LogP contribution >= 0.6 is 12.4 Å². The average molecular weight is 302 g/mol. The fourth-order valence-corrected chi connectivity index (χ4v) is 2.07. The first kappa shape index (κ1) is 19.1. The van der Waals surface area contributed by atoms with E-state index in [9.17, 15) is 0 Å². The molecule has 0 aromatic heterocycles. The van der Waals surface area contributed by atoms with E-state index in [1.165, 1.54) is 32.1 Å². The zero-order valence-electron chi connectivity index (χ0n) is 12.7. The van der Waals surface area contributed by atoms with E-state index in [2.05, 4.69) is 6.92 Å². The van der Waals surface area contributed by atoms with E-state index in [1.807, 2.05) is 18.2 Å². The Bertz CT molecular complexity index is 358. The number of rotatable bonds is 10. The number of hydrogen-bond acceptors (Lipinski definition) is 3. The van der Waals surface area contributed by atoms with Gasteiger partial charge in [-0.05, 0) is 24.6 Å². The van der Waals surface area contributed by atoms with Gasteiger partial charge in [0.25, 0.3) is 0 Å². The van der Waals surface area contributed by atoms with Crippen LogP contribution in [0, 0.1) is 0 Å². The number of hydrogen-bond donors (Lipinski definition) is 1. The van der Waals surface area contributed by atoms with Gasteiger partial charge in [0.2, 0.25) is 0 Å². The maximum Gasteiger partial charge on any atom is 0.124 e. The average Bonchev–Trinajstić information content (AvgIpc) is 2.40. The first-order chi connectivity index (χ1) is 9.27. The molecule has 0 unspecified atom stereocenters. The maximum absolute atomic E-state index is 5.82. The molecule has 1 rings (SSSR count). The lowest BCUT2D eigenvalue weighted by Crippen LogP contribution is -2.02. The van der Waals surface area contributed by atoms with Crippen LogP contribution in [-0.2, 0) is 11.3 Å². The smallest absolute Gasteiger partial charge is 0.124 e. The van der Waals surface area contributed by atoms with E-state index in [0.717, 1.165) is 30.0 Å². The van der Waals surface area contributed by atoms with Crippen LogP contribution in [-0.4, -0.2) is 13.7 Å². The molecule has 0 fully saturated rings. The van der Waals surface area contributed by atoms with E-state index in [-0.39, 0.29) is 12.4 Å². The van der Waals surface area contributed by atoms with E-state index >= 15 is 0 Å². The van der Waals surface area contributed by atoms with Crippen LogP contribution < -0.4 is 10.5 Å². The second kappa shape index (κ2) is 11.9. The lowest BCUT2D eigenvalue weighted by molar-refractivity contribution is 0.179. The van der Waals surface area contributed by atoms with Gasteiger partial charge in [-0.3, -0.25) is 0 Å². The highest BCUT2D eigenvalue weighted by atomic mass is 35.5. The number of benzene rings is 1. The van der Waals surface area contributed by atoms with Crippen molar-refractivity contribution in [2.75, 3.05) is 19.5 Å². The number of ether oxygens (including phenoxy) is 2. The van der Waals surface area contributed by atoms with Gasteiger partial charge in [0.05, 0.1) is 13.2 Å². The third-order valence-corrected chi connectivity index (χ3v) is 3.14. The summed E-state index contributed by atoms with van der Waals surface area (Å²) in [5.74, 6) is 0.893. The fourth-order valence-electron chi connectivity index (χ4n) is 2.07. The Labute approximate surface area is 129 Å². The molecule has 2 N–H and O–H groups in total. The zero-order valence-corrected chi connectivity index (χ0v) is 13.5. The predicted octanol–water partition coefficient (Wildman–Crippen LogP) is 4.58. The summed E-state index contributed by atoms with van der Waals surface area (Å²) in [6.45, 7) is 3.55. The predicted molar refractivity (Wildman–Crippen MR) is 87.7 cm³/mol. The number of methoxy groups -OCH3 is 1. The molecular formula is C16H28ClNO2. The fraction of sp³-hybridized carbons (Fsp3) is 0.625. The molecule has 0 aliphatic heterocycles. The first-order valence-corrected chi connectivity index (χ1v) is 7.28. The highest BCUT2D eigenvalue weighted by Gasteiger charge is 2.04. The first-order valence-electron chi connectivity index (χ1n) is 7.28. The van der Waals surface area contributed by atoms with E-state index in [1.54, 1.807) is 7.11 Å². The summed E-state index contributed by atoms with van der Waals surface area (Å²) in [5.41, 5.74) is 7.54. The number of nitrogens with two attached hydrogens (primary N) is 1. The van der Waals surface area contributed by atoms with Gasteiger partial charge in [0.1, 0.15) is 5.75 Å². The van der Waals surface area contributed by atoms with E-state index < -0.39 is 0 Å². The number of anilines is 1. The van der Waals surface area contributed by atoms with Crippen molar-refractivity contribution in [2.24, 2.45) is 0 Å². The SMILES string of the molecule is CCCCCCCCOc1ccc(N)cc1COC.Cl. The van der Waals surface area contributed by atoms with Gasteiger partial charge < -0.3 is 15.2 Å². The third kappa shape index (κ3) is 7.61. The largest absolute Gasteiger partial charge is 0.493 e. The Balaban J connectivity index is 0.00000361. The molecule has 20 heavy (non-hydrogen) atoms. The number of unbranched alkanes of at least 4 members (excludes halogenated alkanes) is 5. The highest BCUT2D eigenvalue weighted by Crippen LogP contribution is 2.22. The molecule has 116 valence electrons. The van der Waals surface area contributed by atoms with Crippen molar-refractivity contribution in [1.29, 1.82) is 0 Å². The summed E-state index contributed by atoms with van der Waals surface area (Å²) in [5, 5.41) is 0. The van der Waals surface area contributed by atoms with E-state index in [4.69, 9.17) is 15.2 Å². The molecule has 0 atom stereocenters. The molecule has 0 aliphatic rings. The van der Waals surface area contributed by atoms with Crippen molar-refractivity contribution in [2.45, 2.75) is 52.1 Å². The maximum atomic E-state index is 5.82. The van der Waals surface area contributed by atoms with E-state index in [0.29, 0.717) is 6.61 Å². The zero-order chi connectivity index (χ0) is 13.9. The molecule has 0 amide bonds. The standard InChI is InChI=1S/C16H27NO2.ClH/c1-3-4-5-6-7-8-11-19-16-10-9-15(17)12-14(16)13-18-2;/h9-10,12H,3-8,11,13,17H2,1-2H3;1H. The minimum Gasteiger partial charge on any atom is -0.493 e. The number of halogens is 1. The van der Waals surface area contributed by atoms with Crippen LogP contribution in [0.25, 0.3) is 0 Å². The summed E-state index contributed by atoms with van der Waals surface area (Å²) < 4.78 is 11.0. The Kier molecular flexibility index (Phi) is 11.3. The van der Waals surface area contributed by atoms with Gasteiger partial charge in [-0.25, -0.2) is 0 Å². The monoisotopic (exact) mass is 301 g/mol. The summed E-state index contributed by atoms with van der Waals surface area (Å²) in [6, 6.07) is 5.72. The van der Waals surface area contributed by atoms with Crippen molar-refractivity contribution >= 4 is 18.1 Å². The van der Waals surface area contributed by atoms with Gasteiger partial charge >= 0.3 is 0 Å². The minimum absolute atomic E-state index is 0. The molecular weight excluding hydrogens is 274 g/mol. The molecule has 3 nitrogen and oxygen atoms in total. The van der Waals surface area contributed by atoms with Crippen molar-refractivity contribution in [3.8, 4) is 5.75 Å². The third-order valence-electron chi connectivity index (χ3n) is 3.14. The normalized spacial score (nSPS) is 10.1. The molecule has 0 heterocycles. The van der Waals surface area contributed by atoms with Crippen molar-refractivity contribution < 1.29 is 9.47 Å². The summed E-state index contributed by atoms with van der Waals surface area (Å²) in [7, 11) is 1.68. The van der Waals surface area contributed by atoms with Crippen LogP contribution in [0.15, 0.2) is 18.2 Å². The Hall–Kier alpha value is -0.930. The molecule has 0 saturated carbocycles. The molecule has 0 bridgehead atoms. The van der Waals surface area contributed by atoms with Crippen LogP contribution in [0.5, 0.6) is 5.75 Å². The molecule has 0 aliphatic carbocycles. The Morgan fingerprint density at radius 1 is 1.05 bits per heavy atom.